The zero-order valence-electron chi connectivity index (χ0n) is 11.4. The number of hydrogen-bond donors (Lipinski definition) is 0. The molecule has 2 rings (SSSR count). The summed E-state index contributed by atoms with van der Waals surface area (Å²) < 4.78 is 4.37. The van der Waals surface area contributed by atoms with Gasteiger partial charge in [0.1, 0.15) is 0 Å². The molecule has 0 spiro atoms. The number of carbonyl (C=O) groups is 2. The van der Waals surface area contributed by atoms with Crippen LogP contribution >= 0.6 is 0 Å². The van der Waals surface area contributed by atoms with E-state index in [1.54, 1.807) is 0 Å². The molecule has 0 radical (unpaired) electrons. The molecule has 1 heterocycles. The van der Waals surface area contributed by atoms with Gasteiger partial charge >= 0.3 is 11.9 Å². The number of fused-ring (bicyclic) bond motifs is 1. The average Bonchev–Trinajstić information content (AvgIpc) is 2.42. The van der Waals surface area contributed by atoms with E-state index in [9.17, 15) is 19.7 Å². The number of nitrogens with zero attached hydrogens (tertiary/aromatic N) is 1. The van der Waals surface area contributed by atoms with Crippen LogP contribution in [0.15, 0.2) is 18.2 Å². The van der Waals surface area contributed by atoms with Crippen molar-refractivity contribution in [1.29, 1.82) is 0 Å². The molecule has 0 N–H and O–H groups in total. The van der Waals surface area contributed by atoms with Gasteiger partial charge in [-0.3, -0.25) is 14.9 Å². The van der Waals surface area contributed by atoms with Crippen LogP contribution in [0.3, 0.4) is 0 Å². The van der Waals surface area contributed by atoms with E-state index in [-0.39, 0.29) is 17.7 Å². The maximum atomic E-state index is 11.2. The van der Waals surface area contributed by atoms with Crippen LogP contribution in [-0.4, -0.2) is 16.9 Å². The highest BCUT2D eigenvalue weighted by atomic mass is 16.6. The van der Waals surface area contributed by atoms with Crippen molar-refractivity contribution in [3.8, 4) is 0 Å². The molecule has 6 nitrogen and oxygen atoms in total. The van der Waals surface area contributed by atoms with Gasteiger partial charge in [-0.15, -0.1) is 0 Å². The molecule has 0 aliphatic carbocycles. The predicted molar refractivity (Wildman–Crippen MR) is 69.9 cm³/mol. The Hall–Kier alpha value is -2.24. The third-order valence-corrected chi connectivity index (χ3v) is 2.06. The Morgan fingerprint density at radius 1 is 1.16 bits per heavy atom. The largest absolute Gasteiger partial charge is 0.389 e. The van der Waals surface area contributed by atoms with Crippen molar-refractivity contribution >= 4 is 17.6 Å². The quantitative estimate of drug-likeness (QED) is 0.338. The molecule has 104 valence electrons. The van der Waals surface area contributed by atoms with E-state index in [4.69, 9.17) is 0 Å². The lowest BCUT2D eigenvalue weighted by molar-refractivity contribution is -0.384. The fourth-order valence-electron chi connectivity index (χ4n) is 1.39. The summed E-state index contributed by atoms with van der Waals surface area (Å²) in [5.74, 6) is -1.44. The molecule has 19 heavy (non-hydrogen) atoms. The van der Waals surface area contributed by atoms with Crippen molar-refractivity contribution in [3.63, 3.8) is 0 Å². The van der Waals surface area contributed by atoms with Gasteiger partial charge < -0.3 is 4.74 Å². The lowest BCUT2D eigenvalue weighted by Crippen LogP contribution is -2.22. The highest BCUT2D eigenvalue weighted by Crippen LogP contribution is 2.22. The molecule has 6 heteroatoms. The first-order valence-electron chi connectivity index (χ1n) is 6.10. The monoisotopic (exact) mass is 267 g/mol. The number of esters is 2. The number of cyclic esters (lactones) is 2. The summed E-state index contributed by atoms with van der Waals surface area (Å²) >= 11 is 0. The Labute approximate surface area is 111 Å². The molecular formula is C13H17NO5. The Kier molecular flexibility index (Phi) is 7.03. The number of ether oxygens (including phenoxy) is 1. The van der Waals surface area contributed by atoms with Crippen molar-refractivity contribution < 1.29 is 19.2 Å². The van der Waals surface area contributed by atoms with Crippen molar-refractivity contribution in [3.05, 3.63) is 39.4 Å². The van der Waals surface area contributed by atoms with Crippen LogP contribution in [0.1, 0.15) is 43.6 Å². The number of rotatable bonds is 1. The molecule has 0 saturated heterocycles. The molecule has 1 aromatic rings. The second-order valence-electron chi connectivity index (χ2n) is 3.04. The van der Waals surface area contributed by atoms with Crippen LogP contribution in [0.25, 0.3) is 0 Å². The molecule has 0 unspecified atom stereocenters. The maximum Gasteiger partial charge on any atom is 0.346 e. The molecule has 0 saturated carbocycles. The first-order valence-corrected chi connectivity index (χ1v) is 6.10. The fraction of sp³-hybridized carbons (Fsp3) is 0.385. The van der Waals surface area contributed by atoms with E-state index >= 15 is 0 Å². The Morgan fingerprint density at radius 3 is 2.26 bits per heavy atom. The standard InChI is InChI=1S/C9H5NO5.2C2H6/c11-8-4-5-3-6(10(13)14)1-2-7(5)9(12)15-8;2*1-2/h1-3H,4H2;2*1-2H3. The number of non-ortho nitro benzene ring substituents is 1. The second-order valence-corrected chi connectivity index (χ2v) is 3.04. The minimum absolute atomic E-state index is 0.108. The lowest BCUT2D eigenvalue weighted by Gasteiger charge is -2.12. The summed E-state index contributed by atoms with van der Waals surface area (Å²) in [5.41, 5.74) is 0.405. The first-order chi connectivity index (χ1) is 9.08. The summed E-state index contributed by atoms with van der Waals surface area (Å²) in [4.78, 5) is 31.9. The van der Waals surface area contributed by atoms with E-state index in [0.717, 1.165) is 0 Å². The average molecular weight is 267 g/mol. The topological polar surface area (TPSA) is 86.5 Å². The second kappa shape index (κ2) is 7.97. The molecule has 0 fully saturated rings. The Morgan fingerprint density at radius 2 is 1.74 bits per heavy atom. The summed E-state index contributed by atoms with van der Waals surface area (Å²) in [6.07, 6.45) is -0.108. The van der Waals surface area contributed by atoms with Crippen molar-refractivity contribution in [1.82, 2.24) is 0 Å². The molecule has 1 aliphatic rings. The Balaban J connectivity index is 0.000000741. The van der Waals surface area contributed by atoms with E-state index in [0.29, 0.717) is 5.56 Å². The molecule has 0 amide bonds. The third kappa shape index (κ3) is 4.17. The summed E-state index contributed by atoms with van der Waals surface area (Å²) in [6.45, 7) is 8.00. The van der Waals surface area contributed by atoms with Crippen LogP contribution in [0.2, 0.25) is 0 Å². The van der Waals surface area contributed by atoms with Gasteiger partial charge in [0.05, 0.1) is 16.9 Å². The van der Waals surface area contributed by atoms with Gasteiger partial charge in [-0.05, 0) is 11.6 Å². The molecule has 1 aliphatic heterocycles. The highest BCUT2D eigenvalue weighted by molar-refractivity contribution is 6.02. The zero-order chi connectivity index (χ0) is 15.0. The van der Waals surface area contributed by atoms with E-state index in [1.165, 1.54) is 18.2 Å². The third-order valence-electron chi connectivity index (χ3n) is 2.06. The molecule has 0 atom stereocenters. The lowest BCUT2D eigenvalue weighted by atomic mass is 10.0. The molecule has 1 aromatic carbocycles. The van der Waals surface area contributed by atoms with Gasteiger partial charge in [0, 0.05) is 12.1 Å². The number of hydrogen-bond acceptors (Lipinski definition) is 5. The predicted octanol–water partition coefficient (Wildman–Crippen LogP) is 2.89. The Bertz CT molecular complexity index is 482. The summed E-state index contributed by atoms with van der Waals surface area (Å²) in [5, 5.41) is 10.5. The number of benzene rings is 1. The number of carbonyl (C=O) groups excluding carboxylic acids is 2. The smallest absolute Gasteiger partial charge is 0.346 e. The molecular weight excluding hydrogens is 250 g/mol. The molecule has 0 aromatic heterocycles. The maximum absolute atomic E-state index is 11.2. The van der Waals surface area contributed by atoms with Gasteiger partial charge in [0.15, 0.2) is 0 Å². The van der Waals surface area contributed by atoms with Gasteiger partial charge in [0.25, 0.3) is 5.69 Å². The summed E-state index contributed by atoms with van der Waals surface area (Å²) in [7, 11) is 0. The first kappa shape index (κ1) is 16.8. The fourth-order valence-corrected chi connectivity index (χ4v) is 1.39. The molecule has 0 bridgehead atoms. The summed E-state index contributed by atoms with van der Waals surface area (Å²) in [6, 6.07) is 3.71. The number of nitro benzene ring substituents is 1. The van der Waals surface area contributed by atoms with Crippen LogP contribution in [0.4, 0.5) is 5.69 Å². The van der Waals surface area contributed by atoms with Crippen molar-refractivity contribution in [2.45, 2.75) is 34.1 Å². The van der Waals surface area contributed by atoms with Crippen LogP contribution in [0.5, 0.6) is 0 Å². The van der Waals surface area contributed by atoms with E-state index < -0.39 is 16.9 Å². The van der Waals surface area contributed by atoms with E-state index in [2.05, 4.69) is 4.74 Å². The van der Waals surface area contributed by atoms with Crippen LogP contribution in [0, 0.1) is 10.1 Å². The van der Waals surface area contributed by atoms with Gasteiger partial charge in [0.2, 0.25) is 0 Å². The highest BCUT2D eigenvalue weighted by Gasteiger charge is 2.26. The SMILES string of the molecule is CC.CC.O=C1Cc2cc([N+](=O)[O-])ccc2C(=O)O1. The normalized spacial score (nSPS) is 12.0. The van der Waals surface area contributed by atoms with Gasteiger partial charge in [-0.25, -0.2) is 4.79 Å². The van der Waals surface area contributed by atoms with Gasteiger partial charge in [-0.2, -0.15) is 0 Å². The van der Waals surface area contributed by atoms with Crippen LogP contribution in [-0.2, 0) is 16.0 Å². The minimum atomic E-state index is -0.754. The van der Waals surface area contributed by atoms with Crippen LogP contribution < -0.4 is 0 Å². The van der Waals surface area contributed by atoms with Crippen molar-refractivity contribution in [2.24, 2.45) is 0 Å². The van der Waals surface area contributed by atoms with Gasteiger partial charge in [-0.1, -0.05) is 27.7 Å². The van der Waals surface area contributed by atoms with E-state index in [1.807, 2.05) is 27.7 Å². The zero-order valence-corrected chi connectivity index (χ0v) is 11.4. The van der Waals surface area contributed by atoms with Crippen molar-refractivity contribution in [2.75, 3.05) is 0 Å². The number of nitro groups is 1. The minimum Gasteiger partial charge on any atom is -0.389 e.